The summed E-state index contributed by atoms with van der Waals surface area (Å²) in [6, 6.07) is 11.8. The van der Waals surface area contributed by atoms with Gasteiger partial charge in [-0.25, -0.2) is 0 Å². The second kappa shape index (κ2) is 8.18. The summed E-state index contributed by atoms with van der Waals surface area (Å²) in [7, 11) is 0. The summed E-state index contributed by atoms with van der Waals surface area (Å²) in [5.74, 6) is -1.34. The number of carbonyl (C=O) groups excluding carboxylic acids is 2. The third-order valence-electron chi connectivity index (χ3n) is 2.98. The summed E-state index contributed by atoms with van der Waals surface area (Å²) in [6.07, 6.45) is 0. The van der Waals surface area contributed by atoms with E-state index in [4.69, 9.17) is 23.8 Å². The highest BCUT2D eigenvalue weighted by Crippen LogP contribution is 2.17. The molecule has 2 rings (SSSR count). The van der Waals surface area contributed by atoms with E-state index in [1.807, 2.05) is 0 Å². The summed E-state index contributed by atoms with van der Waals surface area (Å²) in [5, 5.41) is 13.3. The average molecular weight is 379 g/mol. The summed E-state index contributed by atoms with van der Waals surface area (Å²) < 4.78 is 0. The van der Waals surface area contributed by atoms with Crippen molar-refractivity contribution in [2.45, 2.75) is 0 Å². The Balaban J connectivity index is 1.96. The fourth-order valence-corrected chi connectivity index (χ4v) is 2.22. The first-order valence-corrected chi connectivity index (χ1v) is 7.58. The largest absolute Gasteiger partial charge is 0.298 e. The number of hydrazine groups is 1. The average Bonchev–Trinajstić information content (AvgIpc) is 2.59. The van der Waals surface area contributed by atoms with E-state index in [0.29, 0.717) is 0 Å². The van der Waals surface area contributed by atoms with Crippen LogP contribution in [0.15, 0.2) is 48.5 Å². The lowest BCUT2D eigenvalue weighted by atomic mass is 10.2. The van der Waals surface area contributed by atoms with Crippen molar-refractivity contribution in [3.8, 4) is 0 Å². The molecule has 25 heavy (non-hydrogen) atoms. The molecule has 0 aromatic heterocycles. The zero-order chi connectivity index (χ0) is 18.4. The Kier molecular flexibility index (Phi) is 5.98. The molecule has 3 N–H and O–H groups in total. The standard InChI is InChI=1S/C15H11ClN4O4S/c16-11-7-3-1-5-9(11)13(21)17-15(25)19-18-14(22)10-6-2-4-8-12(10)20(23)24/h1-8H,(H,18,22)(H2,17,19,21,25). The zero-order valence-corrected chi connectivity index (χ0v) is 14.1. The Morgan fingerprint density at radius 2 is 1.56 bits per heavy atom. The predicted octanol–water partition coefficient (Wildman–Crippen LogP) is 2.20. The third kappa shape index (κ3) is 4.72. The van der Waals surface area contributed by atoms with Crippen LogP contribution in [0.25, 0.3) is 0 Å². The van der Waals surface area contributed by atoms with Gasteiger partial charge in [0.15, 0.2) is 5.11 Å². The minimum Gasteiger partial charge on any atom is -0.298 e. The number of para-hydroxylation sites is 1. The lowest BCUT2D eigenvalue weighted by Gasteiger charge is -2.11. The van der Waals surface area contributed by atoms with Gasteiger partial charge in [-0.2, -0.15) is 0 Å². The van der Waals surface area contributed by atoms with Gasteiger partial charge in [-0.1, -0.05) is 35.9 Å². The Hall–Kier alpha value is -3.04. The second-order valence-corrected chi connectivity index (χ2v) is 5.43. The van der Waals surface area contributed by atoms with Gasteiger partial charge in [-0.15, -0.1) is 0 Å². The zero-order valence-electron chi connectivity index (χ0n) is 12.5. The van der Waals surface area contributed by atoms with Crippen molar-refractivity contribution in [2.24, 2.45) is 0 Å². The molecule has 2 amide bonds. The van der Waals surface area contributed by atoms with E-state index in [1.54, 1.807) is 18.2 Å². The first-order valence-electron chi connectivity index (χ1n) is 6.79. The maximum absolute atomic E-state index is 12.0. The molecule has 2 aromatic carbocycles. The van der Waals surface area contributed by atoms with E-state index >= 15 is 0 Å². The summed E-state index contributed by atoms with van der Waals surface area (Å²) >= 11 is 10.8. The molecule has 0 heterocycles. The number of amides is 2. The summed E-state index contributed by atoms with van der Waals surface area (Å²) in [6.45, 7) is 0. The summed E-state index contributed by atoms with van der Waals surface area (Å²) in [5.41, 5.74) is 4.18. The molecule has 0 saturated carbocycles. The molecular formula is C15H11ClN4O4S. The number of thiocarbonyl (C=S) groups is 1. The molecule has 0 saturated heterocycles. The fourth-order valence-electron chi connectivity index (χ4n) is 1.85. The number of nitro groups is 1. The van der Waals surface area contributed by atoms with E-state index in [0.717, 1.165) is 0 Å². The summed E-state index contributed by atoms with van der Waals surface area (Å²) in [4.78, 5) is 34.3. The van der Waals surface area contributed by atoms with Crippen molar-refractivity contribution in [3.05, 3.63) is 74.8 Å². The number of carbonyl (C=O) groups is 2. The van der Waals surface area contributed by atoms with Crippen molar-refractivity contribution in [2.75, 3.05) is 0 Å². The molecular weight excluding hydrogens is 368 g/mol. The number of nitrogens with one attached hydrogen (secondary N) is 3. The van der Waals surface area contributed by atoms with Gasteiger partial charge in [-0.05, 0) is 30.4 Å². The van der Waals surface area contributed by atoms with Gasteiger partial charge in [-0.3, -0.25) is 35.9 Å². The Bertz CT molecular complexity index is 859. The molecule has 0 aliphatic rings. The monoisotopic (exact) mass is 378 g/mol. The predicted molar refractivity (Wildman–Crippen MR) is 95.2 cm³/mol. The van der Waals surface area contributed by atoms with Gasteiger partial charge in [0.1, 0.15) is 5.56 Å². The smallest absolute Gasteiger partial charge is 0.282 e. The van der Waals surface area contributed by atoms with E-state index in [9.17, 15) is 19.7 Å². The highest BCUT2D eigenvalue weighted by Gasteiger charge is 2.19. The van der Waals surface area contributed by atoms with Crippen LogP contribution in [0.4, 0.5) is 5.69 Å². The number of halogens is 1. The van der Waals surface area contributed by atoms with Crippen molar-refractivity contribution >= 4 is 46.4 Å². The SMILES string of the molecule is O=C(NC(=S)NNC(=O)c1ccccc1[N+](=O)[O-])c1ccccc1Cl. The van der Waals surface area contributed by atoms with E-state index in [1.165, 1.54) is 30.3 Å². The van der Waals surface area contributed by atoms with Crippen LogP contribution in [0.2, 0.25) is 5.02 Å². The van der Waals surface area contributed by atoms with E-state index in [2.05, 4.69) is 16.2 Å². The van der Waals surface area contributed by atoms with E-state index in [-0.39, 0.29) is 26.9 Å². The molecule has 0 atom stereocenters. The third-order valence-corrected chi connectivity index (χ3v) is 3.51. The molecule has 0 aliphatic heterocycles. The molecule has 0 fully saturated rings. The van der Waals surface area contributed by atoms with Crippen molar-refractivity contribution in [1.82, 2.24) is 16.2 Å². The molecule has 8 nitrogen and oxygen atoms in total. The molecule has 2 aromatic rings. The molecule has 0 radical (unpaired) electrons. The topological polar surface area (TPSA) is 113 Å². The fraction of sp³-hybridized carbons (Fsp3) is 0. The second-order valence-electron chi connectivity index (χ2n) is 4.62. The molecule has 10 heteroatoms. The van der Waals surface area contributed by atoms with Gasteiger partial charge in [0.05, 0.1) is 15.5 Å². The van der Waals surface area contributed by atoms with Gasteiger partial charge in [0.2, 0.25) is 0 Å². The molecule has 0 unspecified atom stereocenters. The normalized spacial score (nSPS) is 9.80. The highest BCUT2D eigenvalue weighted by atomic mass is 35.5. The van der Waals surface area contributed by atoms with Crippen LogP contribution >= 0.6 is 23.8 Å². The maximum Gasteiger partial charge on any atom is 0.282 e. The Morgan fingerprint density at radius 1 is 0.960 bits per heavy atom. The van der Waals surface area contributed by atoms with Crippen molar-refractivity contribution < 1.29 is 14.5 Å². The van der Waals surface area contributed by atoms with Gasteiger partial charge >= 0.3 is 0 Å². The van der Waals surface area contributed by atoms with Gasteiger partial charge < -0.3 is 0 Å². The highest BCUT2D eigenvalue weighted by molar-refractivity contribution is 7.80. The molecule has 0 aliphatic carbocycles. The van der Waals surface area contributed by atoms with Crippen LogP contribution in [-0.2, 0) is 0 Å². The quantitative estimate of drug-likeness (QED) is 0.428. The Morgan fingerprint density at radius 3 is 2.20 bits per heavy atom. The minimum atomic E-state index is -0.776. The first-order chi connectivity index (χ1) is 11.9. The van der Waals surface area contributed by atoms with Crippen LogP contribution in [0.5, 0.6) is 0 Å². The number of benzene rings is 2. The van der Waals surface area contributed by atoms with Crippen LogP contribution in [0.1, 0.15) is 20.7 Å². The van der Waals surface area contributed by atoms with Gasteiger partial charge in [0.25, 0.3) is 17.5 Å². The number of hydrogen-bond donors (Lipinski definition) is 3. The van der Waals surface area contributed by atoms with Crippen LogP contribution in [0.3, 0.4) is 0 Å². The number of nitrogens with zero attached hydrogens (tertiary/aromatic N) is 1. The van der Waals surface area contributed by atoms with Crippen LogP contribution < -0.4 is 16.2 Å². The lowest BCUT2D eigenvalue weighted by molar-refractivity contribution is -0.385. The van der Waals surface area contributed by atoms with Crippen molar-refractivity contribution in [1.29, 1.82) is 0 Å². The lowest BCUT2D eigenvalue weighted by Crippen LogP contribution is -2.48. The first kappa shape index (κ1) is 18.3. The molecule has 0 spiro atoms. The van der Waals surface area contributed by atoms with Crippen LogP contribution in [-0.4, -0.2) is 21.9 Å². The minimum absolute atomic E-state index is 0.153. The Labute approximate surface area is 152 Å². The molecule has 0 bridgehead atoms. The van der Waals surface area contributed by atoms with Crippen LogP contribution in [0, 0.1) is 10.1 Å². The maximum atomic E-state index is 12.0. The van der Waals surface area contributed by atoms with Crippen molar-refractivity contribution in [3.63, 3.8) is 0 Å². The molecule has 128 valence electrons. The number of nitro benzene ring substituents is 1. The number of hydrogen-bond acceptors (Lipinski definition) is 5. The van der Waals surface area contributed by atoms with E-state index < -0.39 is 16.7 Å². The van der Waals surface area contributed by atoms with Gasteiger partial charge in [0, 0.05) is 6.07 Å². The number of rotatable bonds is 3.